The molecule has 20 heavy (non-hydrogen) atoms. The summed E-state index contributed by atoms with van der Waals surface area (Å²) in [5.74, 6) is 0.922. The molecule has 3 heteroatoms. The van der Waals surface area contributed by atoms with E-state index in [2.05, 4.69) is 38.2 Å². The van der Waals surface area contributed by atoms with Gasteiger partial charge in [0.15, 0.2) is 0 Å². The van der Waals surface area contributed by atoms with Gasteiger partial charge in [-0.15, -0.1) is 0 Å². The summed E-state index contributed by atoms with van der Waals surface area (Å²) in [7, 11) is 0. The number of anilines is 1. The second-order valence-electron chi connectivity index (χ2n) is 6.39. The first-order valence-corrected chi connectivity index (χ1v) is 7.58. The third kappa shape index (κ3) is 3.26. The Hall–Kier alpha value is -1.22. The predicted molar refractivity (Wildman–Crippen MR) is 83.4 cm³/mol. The van der Waals surface area contributed by atoms with Gasteiger partial charge < -0.3 is 14.8 Å². The van der Waals surface area contributed by atoms with Crippen molar-refractivity contribution in [3.8, 4) is 5.75 Å². The first-order chi connectivity index (χ1) is 9.43. The second-order valence-corrected chi connectivity index (χ2v) is 6.39. The standard InChI is InChI=1S/C17H27NO2/c1-6-19-16-11-15(17(16,4)5)18-13-7-9-14(10-8-13)20-12(2)3/h7-10,12,15-16,18H,6,11H2,1-5H3. The van der Waals surface area contributed by atoms with Crippen molar-refractivity contribution in [3.05, 3.63) is 24.3 Å². The molecule has 1 aromatic carbocycles. The highest BCUT2D eigenvalue weighted by Gasteiger charge is 2.48. The van der Waals surface area contributed by atoms with Crippen molar-refractivity contribution < 1.29 is 9.47 Å². The second kappa shape index (κ2) is 6.04. The maximum atomic E-state index is 5.76. The molecule has 0 aliphatic heterocycles. The molecule has 2 atom stereocenters. The SMILES string of the molecule is CCOC1CC(Nc2ccc(OC(C)C)cc2)C1(C)C. The van der Waals surface area contributed by atoms with Crippen molar-refractivity contribution in [1.82, 2.24) is 0 Å². The summed E-state index contributed by atoms with van der Waals surface area (Å²) in [6.07, 6.45) is 1.66. The third-order valence-corrected chi connectivity index (χ3v) is 4.11. The summed E-state index contributed by atoms with van der Waals surface area (Å²) in [4.78, 5) is 0. The number of benzene rings is 1. The van der Waals surface area contributed by atoms with Crippen molar-refractivity contribution in [3.63, 3.8) is 0 Å². The van der Waals surface area contributed by atoms with E-state index in [1.54, 1.807) is 0 Å². The molecule has 1 aliphatic rings. The van der Waals surface area contributed by atoms with Gasteiger partial charge >= 0.3 is 0 Å². The Morgan fingerprint density at radius 3 is 2.40 bits per heavy atom. The molecule has 0 saturated heterocycles. The fourth-order valence-corrected chi connectivity index (χ4v) is 2.72. The molecule has 1 saturated carbocycles. The van der Waals surface area contributed by atoms with Gasteiger partial charge in [-0.3, -0.25) is 0 Å². The highest BCUT2D eigenvalue weighted by molar-refractivity contribution is 5.48. The van der Waals surface area contributed by atoms with Crippen molar-refractivity contribution >= 4 is 5.69 Å². The summed E-state index contributed by atoms with van der Waals surface area (Å²) in [5, 5.41) is 3.60. The average Bonchev–Trinajstić information content (AvgIpc) is 2.39. The van der Waals surface area contributed by atoms with E-state index >= 15 is 0 Å². The van der Waals surface area contributed by atoms with E-state index in [1.807, 2.05) is 26.0 Å². The van der Waals surface area contributed by atoms with E-state index < -0.39 is 0 Å². The number of hydrogen-bond donors (Lipinski definition) is 1. The lowest BCUT2D eigenvalue weighted by Gasteiger charge is -2.52. The Morgan fingerprint density at radius 1 is 1.25 bits per heavy atom. The summed E-state index contributed by atoms with van der Waals surface area (Å²) in [6.45, 7) is 11.5. The van der Waals surface area contributed by atoms with Crippen LogP contribution in [0.4, 0.5) is 5.69 Å². The molecule has 1 aromatic rings. The van der Waals surface area contributed by atoms with Gasteiger partial charge in [-0.1, -0.05) is 13.8 Å². The van der Waals surface area contributed by atoms with Crippen molar-refractivity contribution in [1.29, 1.82) is 0 Å². The van der Waals surface area contributed by atoms with Gasteiger partial charge in [0.1, 0.15) is 5.75 Å². The zero-order valence-electron chi connectivity index (χ0n) is 13.3. The largest absolute Gasteiger partial charge is 0.491 e. The number of nitrogens with one attached hydrogen (secondary N) is 1. The third-order valence-electron chi connectivity index (χ3n) is 4.11. The highest BCUT2D eigenvalue weighted by atomic mass is 16.5. The molecule has 0 amide bonds. The molecule has 2 unspecified atom stereocenters. The van der Waals surface area contributed by atoms with E-state index in [4.69, 9.17) is 9.47 Å². The van der Waals surface area contributed by atoms with Crippen LogP contribution in [0.5, 0.6) is 5.75 Å². The maximum Gasteiger partial charge on any atom is 0.119 e. The van der Waals surface area contributed by atoms with Crippen LogP contribution < -0.4 is 10.1 Å². The molecule has 0 bridgehead atoms. The zero-order chi connectivity index (χ0) is 14.8. The fraction of sp³-hybridized carbons (Fsp3) is 0.647. The Kier molecular flexibility index (Phi) is 4.59. The van der Waals surface area contributed by atoms with Crippen LogP contribution in [-0.4, -0.2) is 24.9 Å². The first-order valence-electron chi connectivity index (χ1n) is 7.58. The Morgan fingerprint density at radius 2 is 1.90 bits per heavy atom. The smallest absolute Gasteiger partial charge is 0.119 e. The van der Waals surface area contributed by atoms with Crippen molar-refractivity contribution in [2.45, 2.75) is 59.3 Å². The minimum Gasteiger partial charge on any atom is -0.491 e. The molecule has 1 fully saturated rings. The zero-order valence-corrected chi connectivity index (χ0v) is 13.3. The monoisotopic (exact) mass is 277 g/mol. The molecule has 0 aromatic heterocycles. The first kappa shape index (κ1) is 15.2. The van der Waals surface area contributed by atoms with E-state index in [0.717, 1.165) is 24.5 Å². The molecule has 0 spiro atoms. The molecule has 3 nitrogen and oxygen atoms in total. The van der Waals surface area contributed by atoms with E-state index in [1.165, 1.54) is 0 Å². The quantitative estimate of drug-likeness (QED) is 0.849. The Labute approximate surface area is 122 Å². The van der Waals surface area contributed by atoms with Crippen LogP contribution >= 0.6 is 0 Å². The summed E-state index contributed by atoms with van der Waals surface area (Å²) in [5.41, 5.74) is 1.33. The highest BCUT2D eigenvalue weighted by Crippen LogP contribution is 2.44. The summed E-state index contributed by atoms with van der Waals surface area (Å²) >= 11 is 0. The molecule has 0 radical (unpaired) electrons. The summed E-state index contributed by atoms with van der Waals surface area (Å²) < 4.78 is 11.4. The van der Waals surface area contributed by atoms with Crippen LogP contribution in [0.3, 0.4) is 0 Å². The predicted octanol–water partition coefficient (Wildman–Crippen LogP) is 4.09. The van der Waals surface area contributed by atoms with Crippen LogP contribution in [0.1, 0.15) is 41.0 Å². The average molecular weight is 277 g/mol. The van der Waals surface area contributed by atoms with Gasteiger partial charge in [-0.05, 0) is 51.5 Å². The lowest BCUT2D eigenvalue weighted by molar-refractivity contribution is -0.0975. The summed E-state index contributed by atoms with van der Waals surface area (Å²) in [6, 6.07) is 8.68. The van der Waals surface area contributed by atoms with Gasteiger partial charge in [0.2, 0.25) is 0 Å². The Balaban J connectivity index is 1.91. The molecule has 2 rings (SSSR count). The topological polar surface area (TPSA) is 30.5 Å². The maximum absolute atomic E-state index is 5.76. The fourth-order valence-electron chi connectivity index (χ4n) is 2.72. The van der Waals surface area contributed by atoms with Crippen LogP contribution in [0.2, 0.25) is 0 Å². The van der Waals surface area contributed by atoms with Crippen LogP contribution in [0.25, 0.3) is 0 Å². The molecule has 112 valence electrons. The lowest BCUT2D eigenvalue weighted by Crippen LogP contribution is -2.58. The Bertz CT molecular complexity index is 425. The number of ether oxygens (including phenoxy) is 2. The molecule has 0 heterocycles. The molecule has 1 N–H and O–H groups in total. The van der Waals surface area contributed by atoms with E-state index in [-0.39, 0.29) is 11.5 Å². The van der Waals surface area contributed by atoms with E-state index in [0.29, 0.717) is 12.1 Å². The minimum atomic E-state index is 0.184. The molecular formula is C17H27NO2. The van der Waals surface area contributed by atoms with Crippen LogP contribution in [0.15, 0.2) is 24.3 Å². The van der Waals surface area contributed by atoms with Gasteiger partial charge in [0.05, 0.1) is 12.2 Å². The van der Waals surface area contributed by atoms with Crippen LogP contribution in [0, 0.1) is 5.41 Å². The van der Waals surface area contributed by atoms with Crippen molar-refractivity contribution in [2.75, 3.05) is 11.9 Å². The van der Waals surface area contributed by atoms with E-state index in [9.17, 15) is 0 Å². The van der Waals surface area contributed by atoms with Gasteiger partial charge in [0.25, 0.3) is 0 Å². The number of rotatable bonds is 6. The minimum absolute atomic E-state index is 0.184. The molecule has 1 aliphatic carbocycles. The molecular weight excluding hydrogens is 250 g/mol. The lowest BCUT2D eigenvalue weighted by atomic mass is 9.64. The van der Waals surface area contributed by atoms with Gasteiger partial charge in [-0.25, -0.2) is 0 Å². The van der Waals surface area contributed by atoms with Crippen LogP contribution in [-0.2, 0) is 4.74 Å². The normalized spacial score (nSPS) is 24.3. The number of hydrogen-bond acceptors (Lipinski definition) is 3. The van der Waals surface area contributed by atoms with Crippen molar-refractivity contribution in [2.24, 2.45) is 5.41 Å². The van der Waals surface area contributed by atoms with Gasteiger partial charge in [-0.2, -0.15) is 0 Å². The van der Waals surface area contributed by atoms with Gasteiger partial charge in [0, 0.05) is 23.8 Å².